The van der Waals surface area contributed by atoms with Crippen LogP contribution in [0.3, 0.4) is 0 Å². The fourth-order valence-electron chi connectivity index (χ4n) is 1.55. The Morgan fingerprint density at radius 3 is 2.63 bits per heavy atom. The Morgan fingerprint density at radius 2 is 2.16 bits per heavy atom. The molecule has 1 heterocycles. The van der Waals surface area contributed by atoms with Crippen molar-refractivity contribution in [1.29, 1.82) is 0 Å². The van der Waals surface area contributed by atoms with Crippen LogP contribution in [-0.4, -0.2) is 34.8 Å². The maximum atomic E-state index is 12.5. The van der Waals surface area contributed by atoms with Gasteiger partial charge in [0.2, 0.25) is 0 Å². The molecule has 0 aliphatic rings. The van der Waals surface area contributed by atoms with Crippen molar-refractivity contribution in [2.24, 2.45) is 10.9 Å². The summed E-state index contributed by atoms with van der Waals surface area (Å²) in [5.41, 5.74) is 5.79. The Balaban J connectivity index is 3.10. The number of nitrogens with zero attached hydrogens (tertiary/aromatic N) is 3. The highest BCUT2D eigenvalue weighted by molar-refractivity contribution is 5.95. The fraction of sp³-hybridized carbons (Fsp3) is 0.455. The second kappa shape index (κ2) is 5.77. The summed E-state index contributed by atoms with van der Waals surface area (Å²) in [5, 5.41) is 11.3. The van der Waals surface area contributed by atoms with Gasteiger partial charge in [-0.05, 0) is 26.0 Å². The lowest BCUT2D eigenvalue weighted by atomic mass is 10.2. The first-order valence-electron chi connectivity index (χ1n) is 5.52. The van der Waals surface area contributed by atoms with Gasteiger partial charge in [0.15, 0.2) is 5.84 Å². The number of nitrogens with two attached hydrogens (primary N) is 1. The summed E-state index contributed by atoms with van der Waals surface area (Å²) in [4.78, 5) is 4.99. The average Bonchev–Trinajstić information content (AvgIpc) is 2.34. The zero-order valence-electron chi connectivity index (χ0n) is 10.5. The van der Waals surface area contributed by atoms with Gasteiger partial charge in [-0.2, -0.15) is 13.2 Å². The maximum absolute atomic E-state index is 12.5. The van der Waals surface area contributed by atoms with E-state index in [9.17, 15) is 13.2 Å². The highest BCUT2D eigenvalue weighted by Gasteiger charge is 2.32. The highest BCUT2D eigenvalue weighted by Crippen LogP contribution is 2.24. The van der Waals surface area contributed by atoms with Crippen LogP contribution < -0.4 is 10.6 Å². The molecule has 5 nitrogen and oxygen atoms in total. The van der Waals surface area contributed by atoms with Crippen molar-refractivity contribution < 1.29 is 18.4 Å². The lowest BCUT2D eigenvalue weighted by Crippen LogP contribution is -2.39. The second-order valence-corrected chi connectivity index (χ2v) is 4.22. The van der Waals surface area contributed by atoms with Crippen LogP contribution in [0.5, 0.6) is 0 Å². The van der Waals surface area contributed by atoms with Crippen molar-refractivity contribution in [3.8, 4) is 0 Å². The molecule has 0 fully saturated rings. The number of hydrogen-bond donors (Lipinski definition) is 2. The molecule has 0 aliphatic carbocycles. The molecule has 0 saturated carbocycles. The van der Waals surface area contributed by atoms with Crippen LogP contribution in [0.1, 0.15) is 19.5 Å². The Kier molecular flexibility index (Phi) is 4.57. The van der Waals surface area contributed by atoms with Gasteiger partial charge in [-0.15, -0.1) is 0 Å². The van der Waals surface area contributed by atoms with Gasteiger partial charge in [0.05, 0.1) is 0 Å². The average molecular weight is 276 g/mol. The predicted octanol–water partition coefficient (Wildman–Crippen LogP) is 1.95. The van der Waals surface area contributed by atoms with E-state index in [4.69, 9.17) is 10.9 Å². The van der Waals surface area contributed by atoms with Gasteiger partial charge in [0, 0.05) is 17.9 Å². The zero-order valence-corrected chi connectivity index (χ0v) is 10.5. The number of anilines is 1. The van der Waals surface area contributed by atoms with E-state index < -0.39 is 12.7 Å². The van der Waals surface area contributed by atoms with Crippen molar-refractivity contribution in [1.82, 2.24) is 4.98 Å². The fourth-order valence-corrected chi connectivity index (χ4v) is 1.55. The van der Waals surface area contributed by atoms with Gasteiger partial charge >= 0.3 is 6.18 Å². The molecule has 1 aromatic rings. The molecule has 0 saturated heterocycles. The summed E-state index contributed by atoms with van der Waals surface area (Å²) in [6.07, 6.45) is -3.00. The monoisotopic (exact) mass is 276 g/mol. The second-order valence-electron chi connectivity index (χ2n) is 4.22. The summed E-state index contributed by atoms with van der Waals surface area (Å²) in [6.45, 7) is 2.22. The highest BCUT2D eigenvalue weighted by atomic mass is 19.4. The Bertz CT molecular complexity index is 459. The molecule has 0 radical (unpaired) electrons. The molecule has 0 bridgehead atoms. The lowest BCUT2D eigenvalue weighted by molar-refractivity contribution is -0.120. The smallest absolute Gasteiger partial charge is 0.405 e. The quantitative estimate of drug-likeness (QED) is 0.381. The molecule has 0 aliphatic heterocycles. The molecule has 0 atom stereocenters. The minimum atomic E-state index is -4.32. The SMILES string of the molecule is CC(C)N(CC(F)(F)F)c1ccnc(C(N)=NO)c1. The van der Waals surface area contributed by atoms with E-state index >= 15 is 0 Å². The van der Waals surface area contributed by atoms with Crippen LogP contribution >= 0.6 is 0 Å². The van der Waals surface area contributed by atoms with E-state index in [-0.39, 0.29) is 17.6 Å². The van der Waals surface area contributed by atoms with E-state index in [0.717, 1.165) is 4.90 Å². The van der Waals surface area contributed by atoms with E-state index in [1.165, 1.54) is 18.3 Å². The van der Waals surface area contributed by atoms with Gasteiger partial charge in [-0.25, -0.2) is 0 Å². The molecular weight excluding hydrogens is 261 g/mol. The van der Waals surface area contributed by atoms with E-state index in [0.29, 0.717) is 5.69 Å². The number of alkyl halides is 3. The molecule has 0 spiro atoms. The summed E-state index contributed by atoms with van der Waals surface area (Å²) < 4.78 is 37.6. The number of halogens is 3. The standard InChI is InChI=1S/C11H15F3N4O/c1-7(2)18(6-11(12,13)14)8-3-4-16-9(5-8)10(15)17-19/h3-5,7,19H,6H2,1-2H3,(H2,15,17). The first kappa shape index (κ1) is 15.1. The zero-order chi connectivity index (χ0) is 14.6. The summed E-state index contributed by atoms with van der Waals surface area (Å²) in [7, 11) is 0. The molecule has 106 valence electrons. The van der Waals surface area contributed by atoms with Crippen molar-refractivity contribution in [2.75, 3.05) is 11.4 Å². The minimum absolute atomic E-state index is 0.118. The summed E-state index contributed by atoms with van der Waals surface area (Å²) in [6, 6.07) is 2.44. The van der Waals surface area contributed by atoms with Crippen LogP contribution in [0.15, 0.2) is 23.5 Å². The number of amidine groups is 1. The molecule has 0 aromatic carbocycles. The van der Waals surface area contributed by atoms with Crippen molar-refractivity contribution in [3.05, 3.63) is 24.0 Å². The van der Waals surface area contributed by atoms with Crippen LogP contribution in [0, 0.1) is 0 Å². The minimum Gasteiger partial charge on any atom is -0.409 e. The van der Waals surface area contributed by atoms with Gasteiger partial charge in [-0.3, -0.25) is 4.98 Å². The number of oxime groups is 1. The third-order valence-corrected chi connectivity index (χ3v) is 2.42. The van der Waals surface area contributed by atoms with Gasteiger partial charge in [0.25, 0.3) is 0 Å². The number of aromatic nitrogens is 1. The molecule has 3 N–H and O–H groups in total. The molecule has 19 heavy (non-hydrogen) atoms. The van der Waals surface area contributed by atoms with Crippen molar-refractivity contribution in [2.45, 2.75) is 26.1 Å². The third kappa shape index (κ3) is 4.31. The number of hydrogen-bond acceptors (Lipinski definition) is 4. The lowest BCUT2D eigenvalue weighted by Gasteiger charge is -2.30. The third-order valence-electron chi connectivity index (χ3n) is 2.42. The first-order valence-corrected chi connectivity index (χ1v) is 5.52. The Hall–Kier alpha value is -1.99. The van der Waals surface area contributed by atoms with Crippen LogP contribution in [0.25, 0.3) is 0 Å². The molecule has 0 unspecified atom stereocenters. The molecular formula is C11H15F3N4O. The number of rotatable bonds is 4. The normalized spacial score (nSPS) is 12.8. The molecule has 8 heteroatoms. The van der Waals surface area contributed by atoms with Gasteiger partial charge < -0.3 is 15.8 Å². The summed E-state index contributed by atoms with van der Waals surface area (Å²) in [5.74, 6) is -0.252. The molecule has 0 amide bonds. The Labute approximate surface area is 108 Å². The number of pyridine rings is 1. The first-order chi connectivity index (χ1) is 8.74. The van der Waals surface area contributed by atoms with Crippen molar-refractivity contribution in [3.63, 3.8) is 0 Å². The van der Waals surface area contributed by atoms with E-state index in [2.05, 4.69) is 10.1 Å². The summed E-state index contributed by atoms with van der Waals surface area (Å²) >= 11 is 0. The molecule has 1 rings (SSSR count). The van der Waals surface area contributed by atoms with Gasteiger partial charge in [0.1, 0.15) is 12.2 Å². The van der Waals surface area contributed by atoms with Crippen LogP contribution in [0.2, 0.25) is 0 Å². The van der Waals surface area contributed by atoms with Crippen LogP contribution in [0.4, 0.5) is 18.9 Å². The predicted molar refractivity (Wildman–Crippen MR) is 65.3 cm³/mol. The van der Waals surface area contributed by atoms with Crippen LogP contribution in [-0.2, 0) is 0 Å². The largest absolute Gasteiger partial charge is 0.409 e. The maximum Gasteiger partial charge on any atom is 0.405 e. The molecule has 1 aromatic heterocycles. The topological polar surface area (TPSA) is 74.7 Å². The van der Waals surface area contributed by atoms with E-state index in [1.54, 1.807) is 13.8 Å². The van der Waals surface area contributed by atoms with Crippen molar-refractivity contribution >= 4 is 11.5 Å². The van der Waals surface area contributed by atoms with Gasteiger partial charge in [-0.1, -0.05) is 5.16 Å². The Morgan fingerprint density at radius 1 is 1.53 bits per heavy atom. The van der Waals surface area contributed by atoms with E-state index in [1.807, 2.05) is 0 Å².